The lowest BCUT2D eigenvalue weighted by Crippen LogP contribution is -2.26. The van der Waals surface area contributed by atoms with E-state index < -0.39 is 0 Å². The van der Waals surface area contributed by atoms with Crippen molar-refractivity contribution in [3.8, 4) is 0 Å². The van der Waals surface area contributed by atoms with Crippen LogP contribution in [0.4, 0.5) is 5.13 Å². The lowest BCUT2D eigenvalue weighted by atomic mass is 9.97. The fourth-order valence-corrected chi connectivity index (χ4v) is 4.05. The predicted molar refractivity (Wildman–Crippen MR) is 95.9 cm³/mol. The molecular weight excluding hydrogens is 322 g/mol. The molecule has 124 valence electrons. The molecule has 5 nitrogen and oxygen atoms in total. The van der Waals surface area contributed by atoms with Gasteiger partial charge in [-0.2, -0.15) is 0 Å². The normalized spacial score (nSPS) is 15.7. The predicted octanol–water partition coefficient (Wildman–Crippen LogP) is 3.92. The van der Waals surface area contributed by atoms with Crippen LogP contribution in [-0.2, 0) is 0 Å². The van der Waals surface area contributed by atoms with Crippen LogP contribution in [0.3, 0.4) is 0 Å². The summed E-state index contributed by atoms with van der Waals surface area (Å²) in [4.78, 5) is 18.0. The Balaban J connectivity index is 1.49. The molecule has 0 unspecified atom stereocenters. The van der Waals surface area contributed by atoms with E-state index in [1.54, 1.807) is 17.4 Å². The van der Waals surface area contributed by atoms with E-state index in [4.69, 9.17) is 4.42 Å². The third-order valence-corrected chi connectivity index (χ3v) is 5.46. The number of hydrogen-bond acceptors (Lipinski definition) is 5. The number of anilines is 1. The molecule has 1 amide bonds. The Morgan fingerprint density at radius 2 is 2.17 bits per heavy atom. The van der Waals surface area contributed by atoms with Crippen LogP contribution < -0.4 is 10.6 Å². The second-order valence-electron chi connectivity index (χ2n) is 6.20. The van der Waals surface area contributed by atoms with Crippen LogP contribution in [0, 0.1) is 6.92 Å². The molecule has 0 bridgehead atoms. The van der Waals surface area contributed by atoms with Crippen LogP contribution in [0.15, 0.2) is 34.9 Å². The van der Waals surface area contributed by atoms with Crippen molar-refractivity contribution in [3.05, 3.63) is 46.7 Å². The average Bonchev–Trinajstić information content (AvgIpc) is 3.22. The van der Waals surface area contributed by atoms with Crippen molar-refractivity contribution in [2.45, 2.75) is 25.7 Å². The molecule has 1 fully saturated rings. The van der Waals surface area contributed by atoms with Gasteiger partial charge in [0.05, 0.1) is 0 Å². The van der Waals surface area contributed by atoms with Crippen molar-refractivity contribution in [2.24, 2.45) is 0 Å². The molecular formula is C18H19N3O2S. The summed E-state index contributed by atoms with van der Waals surface area (Å²) in [5, 5.41) is 7.79. The molecule has 3 aromatic rings. The lowest BCUT2D eigenvalue weighted by Gasteiger charge is -2.20. The molecule has 2 N–H and O–H groups in total. The van der Waals surface area contributed by atoms with Gasteiger partial charge in [0.1, 0.15) is 5.58 Å². The van der Waals surface area contributed by atoms with Gasteiger partial charge in [0.2, 0.25) is 0 Å². The number of fused-ring (bicyclic) bond motifs is 1. The quantitative estimate of drug-likeness (QED) is 0.758. The summed E-state index contributed by atoms with van der Waals surface area (Å²) in [7, 11) is 0. The minimum absolute atomic E-state index is 0.255. The summed E-state index contributed by atoms with van der Waals surface area (Å²) < 4.78 is 5.64. The number of amides is 1. The molecule has 0 radical (unpaired) electrons. The molecule has 0 atom stereocenters. The maximum atomic E-state index is 12.4. The first-order valence-corrected chi connectivity index (χ1v) is 8.99. The molecule has 1 aliphatic rings. The number of thiazole rings is 1. The maximum Gasteiger partial charge on any atom is 0.293 e. The van der Waals surface area contributed by atoms with Crippen molar-refractivity contribution >= 4 is 33.3 Å². The van der Waals surface area contributed by atoms with E-state index in [1.807, 2.05) is 31.3 Å². The zero-order valence-electron chi connectivity index (χ0n) is 13.5. The van der Waals surface area contributed by atoms with E-state index in [2.05, 4.69) is 15.6 Å². The maximum absolute atomic E-state index is 12.4. The Bertz CT molecular complexity index is 877. The number of carbonyl (C=O) groups is 1. The van der Waals surface area contributed by atoms with Gasteiger partial charge in [0.25, 0.3) is 5.91 Å². The second-order valence-corrected chi connectivity index (χ2v) is 7.26. The molecule has 3 heterocycles. The van der Waals surface area contributed by atoms with Gasteiger partial charge in [-0.1, -0.05) is 11.6 Å². The smallest absolute Gasteiger partial charge is 0.293 e. The summed E-state index contributed by atoms with van der Waals surface area (Å²) in [6, 6.07) is 7.65. The highest BCUT2D eigenvalue weighted by Gasteiger charge is 2.19. The molecule has 1 saturated heterocycles. The summed E-state index contributed by atoms with van der Waals surface area (Å²) in [6.07, 6.45) is 4.13. The highest BCUT2D eigenvalue weighted by atomic mass is 32.1. The number of aryl methyl sites for hydroxylation is 1. The topological polar surface area (TPSA) is 67.2 Å². The number of benzene rings is 1. The van der Waals surface area contributed by atoms with Crippen LogP contribution in [-0.4, -0.2) is 24.0 Å². The Hall–Kier alpha value is -2.18. The van der Waals surface area contributed by atoms with Crippen LogP contribution >= 0.6 is 11.3 Å². The SMILES string of the molecule is Cc1ccc2oc(C(=O)Nc3ncc(C4CCNCC4)s3)cc2c1. The Labute approximate surface area is 144 Å². The van der Waals surface area contributed by atoms with Gasteiger partial charge in [-0.25, -0.2) is 4.98 Å². The molecule has 6 heteroatoms. The monoisotopic (exact) mass is 341 g/mol. The summed E-state index contributed by atoms with van der Waals surface area (Å²) in [6.45, 7) is 4.11. The number of nitrogens with one attached hydrogen (secondary N) is 2. The number of hydrogen-bond donors (Lipinski definition) is 2. The van der Waals surface area contributed by atoms with E-state index in [0.717, 1.165) is 42.5 Å². The number of carbonyl (C=O) groups excluding carboxylic acids is 1. The second kappa shape index (κ2) is 6.37. The molecule has 1 aromatic carbocycles. The summed E-state index contributed by atoms with van der Waals surface area (Å²) >= 11 is 1.56. The van der Waals surface area contributed by atoms with Gasteiger partial charge >= 0.3 is 0 Å². The van der Waals surface area contributed by atoms with Gasteiger partial charge < -0.3 is 9.73 Å². The van der Waals surface area contributed by atoms with E-state index in [1.165, 1.54) is 4.88 Å². The zero-order valence-corrected chi connectivity index (χ0v) is 14.3. The highest BCUT2D eigenvalue weighted by molar-refractivity contribution is 7.15. The molecule has 0 spiro atoms. The third kappa shape index (κ3) is 3.07. The Kier molecular flexibility index (Phi) is 4.08. The van der Waals surface area contributed by atoms with Crippen molar-refractivity contribution in [2.75, 3.05) is 18.4 Å². The minimum atomic E-state index is -0.255. The Morgan fingerprint density at radius 1 is 1.33 bits per heavy atom. The first kappa shape index (κ1) is 15.4. The van der Waals surface area contributed by atoms with Crippen LogP contribution in [0.5, 0.6) is 0 Å². The molecule has 4 rings (SSSR count). The first-order chi connectivity index (χ1) is 11.7. The number of nitrogens with zero attached hydrogens (tertiary/aromatic N) is 1. The van der Waals surface area contributed by atoms with Crippen LogP contribution in [0.2, 0.25) is 0 Å². The number of piperidine rings is 1. The fourth-order valence-electron chi connectivity index (χ4n) is 3.07. The van der Waals surface area contributed by atoms with E-state index in [-0.39, 0.29) is 5.91 Å². The minimum Gasteiger partial charge on any atom is -0.451 e. The summed E-state index contributed by atoms with van der Waals surface area (Å²) in [5.74, 6) is 0.604. The van der Waals surface area contributed by atoms with Gasteiger partial charge in [-0.15, -0.1) is 11.3 Å². The van der Waals surface area contributed by atoms with Crippen LogP contribution in [0.1, 0.15) is 39.8 Å². The molecule has 24 heavy (non-hydrogen) atoms. The third-order valence-electron chi connectivity index (χ3n) is 4.38. The molecule has 0 saturated carbocycles. The lowest BCUT2D eigenvalue weighted by molar-refractivity contribution is 0.0998. The standard InChI is InChI=1S/C18H19N3O2S/c1-11-2-3-14-13(8-11)9-15(23-14)17(22)21-18-20-10-16(24-18)12-4-6-19-7-5-12/h2-3,8-10,12,19H,4-7H2,1H3,(H,20,21,22). The van der Waals surface area contributed by atoms with Gasteiger partial charge in [-0.3, -0.25) is 10.1 Å². The van der Waals surface area contributed by atoms with Crippen molar-refractivity contribution < 1.29 is 9.21 Å². The van der Waals surface area contributed by atoms with Crippen molar-refractivity contribution in [1.82, 2.24) is 10.3 Å². The number of furan rings is 1. The average molecular weight is 341 g/mol. The fraction of sp³-hybridized carbons (Fsp3) is 0.333. The van der Waals surface area contributed by atoms with Crippen LogP contribution in [0.25, 0.3) is 11.0 Å². The number of aromatic nitrogens is 1. The van der Waals surface area contributed by atoms with Crippen molar-refractivity contribution in [3.63, 3.8) is 0 Å². The first-order valence-electron chi connectivity index (χ1n) is 8.17. The summed E-state index contributed by atoms with van der Waals surface area (Å²) in [5.41, 5.74) is 1.86. The molecule has 0 aliphatic carbocycles. The van der Waals surface area contributed by atoms with Gasteiger partial charge in [0, 0.05) is 16.5 Å². The highest BCUT2D eigenvalue weighted by Crippen LogP contribution is 2.32. The van der Waals surface area contributed by atoms with E-state index >= 15 is 0 Å². The van der Waals surface area contributed by atoms with Gasteiger partial charge in [0.15, 0.2) is 10.9 Å². The zero-order chi connectivity index (χ0) is 16.5. The molecule has 1 aliphatic heterocycles. The van der Waals surface area contributed by atoms with E-state index in [9.17, 15) is 4.79 Å². The van der Waals surface area contributed by atoms with Crippen molar-refractivity contribution in [1.29, 1.82) is 0 Å². The van der Waals surface area contributed by atoms with E-state index in [0.29, 0.717) is 16.8 Å². The number of rotatable bonds is 3. The Morgan fingerprint density at radius 3 is 3.00 bits per heavy atom. The van der Waals surface area contributed by atoms with Gasteiger partial charge in [-0.05, 0) is 57.0 Å². The molecule has 2 aromatic heterocycles. The largest absolute Gasteiger partial charge is 0.451 e.